The van der Waals surface area contributed by atoms with E-state index in [4.69, 9.17) is 9.05 Å². The molecule has 3 atom stereocenters. The Bertz CT molecular complexity index is 907. The van der Waals surface area contributed by atoms with Gasteiger partial charge in [0.15, 0.2) is 0 Å². The van der Waals surface area contributed by atoms with Crippen LogP contribution in [0.4, 0.5) is 0 Å². The number of hydrogen-bond acceptors (Lipinski definition) is 5. The number of likely N-dealkylation sites (N-methyl/N-ethyl adjacent to an activating group) is 1. The first-order chi connectivity index (χ1) is 25.0. The number of nitrogens with zero attached hydrogens (tertiary/aromatic N) is 1. The average molecular weight is 758 g/mol. The number of aliphatic hydroxyl groups excluding tert-OH is 1. The number of carbonyl (C=O) groups excluding carboxylic acids is 1. The van der Waals surface area contributed by atoms with Gasteiger partial charge in [0.1, 0.15) is 13.2 Å². The molecule has 0 saturated heterocycles. The highest BCUT2D eigenvalue weighted by atomic mass is 31.2. The van der Waals surface area contributed by atoms with Gasteiger partial charge in [-0.15, -0.1) is 0 Å². The van der Waals surface area contributed by atoms with E-state index in [1.54, 1.807) is 0 Å². The lowest BCUT2D eigenvalue weighted by atomic mass is 10.0. The molecule has 0 aliphatic rings. The molecule has 52 heavy (non-hydrogen) atoms. The van der Waals surface area contributed by atoms with Gasteiger partial charge in [-0.2, -0.15) is 0 Å². The number of quaternary nitrogens is 1. The van der Waals surface area contributed by atoms with Gasteiger partial charge in [0.25, 0.3) is 0 Å². The van der Waals surface area contributed by atoms with Crippen molar-refractivity contribution < 1.29 is 32.9 Å². The van der Waals surface area contributed by atoms with E-state index >= 15 is 0 Å². The number of allylic oxidation sites excluding steroid dienone is 4. The van der Waals surface area contributed by atoms with Crippen LogP contribution in [0.1, 0.15) is 194 Å². The molecule has 0 aliphatic heterocycles. The maximum atomic E-state index is 12.8. The van der Waals surface area contributed by atoms with Crippen LogP contribution in [0.25, 0.3) is 0 Å². The molecule has 0 heterocycles. The van der Waals surface area contributed by atoms with Crippen molar-refractivity contribution in [1.82, 2.24) is 5.32 Å². The zero-order valence-corrected chi connectivity index (χ0v) is 35.7. The topological polar surface area (TPSA) is 105 Å². The molecule has 0 fully saturated rings. The summed E-state index contributed by atoms with van der Waals surface area (Å²) in [5.74, 6) is -0.158. The number of carbonyl (C=O) groups is 1. The van der Waals surface area contributed by atoms with E-state index in [0.717, 1.165) is 44.9 Å². The first-order valence-electron chi connectivity index (χ1n) is 21.7. The van der Waals surface area contributed by atoms with Crippen LogP contribution < -0.4 is 5.32 Å². The van der Waals surface area contributed by atoms with Gasteiger partial charge in [-0.3, -0.25) is 13.8 Å². The molecule has 0 aromatic rings. The second kappa shape index (κ2) is 35.7. The van der Waals surface area contributed by atoms with Gasteiger partial charge < -0.3 is 19.8 Å². The van der Waals surface area contributed by atoms with Crippen molar-refractivity contribution in [3.8, 4) is 0 Å². The number of unbranched alkanes of at least 4 members (excludes halogenated alkanes) is 22. The van der Waals surface area contributed by atoms with Crippen LogP contribution in [-0.4, -0.2) is 73.4 Å². The minimum atomic E-state index is -4.31. The number of hydrogen-bond donors (Lipinski definition) is 3. The minimum absolute atomic E-state index is 0.0697. The molecule has 0 aromatic heterocycles. The molecule has 3 N–H and O–H groups in total. The van der Waals surface area contributed by atoms with Crippen molar-refractivity contribution in [1.29, 1.82) is 0 Å². The van der Waals surface area contributed by atoms with Crippen molar-refractivity contribution in [2.24, 2.45) is 0 Å². The highest BCUT2D eigenvalue weighted by Crippen LogP contribution is 2.43. The molecule has 0 bridgehead atoms. The zero-order chi connectivity index (χ0) is 38.6. The van der Waals surface area contributed by atoms with Crippen LogP contribution in [-0.2, 0) is 18.4 Å². The largest absolute Gasteiger partial charge is 0.472 e. The third kappa shape index (κ3) is 37.3. The smallest absolute Gasteiger partial charge is 0.391 e. The van der Waals surface area contributed by atoms with E-state index in [9.17, 15) is 19.4 Å². The maximum absolute atomic E-state index is 12.8. The molecule has 0 saturated carbocycles. The molecular weight excluding hydrogens is 671 g/mol. The summed E-state index contributed by atoms with van der Waals surface area (Å²) in [6.07, 6.45) is 40.8. The quantitative estimate of drug-likeness (QED) is 0.0250. The predicted molar refractivity (Wildman–Crippen MR) is 221 cm³/mol. The lowest BCUT2D eigenvalue weighted by Gasteiger charge is -2.26. The summed E-state index contributed by atoms with van der Waals surface area (Å²) in [5, 5.41) is 13.8. The standard InChI is InChI=1S/C43H85N2O6P/c1-6-8-10-12-14-16-17-18-19-20-21-22-23-24-25-26-27-29-31-33-35-37-43(47)44-41(40-51-52(48,49)50-39-38-45(3,4)5)42(46)36-34-32-30-28-15-13-11-9-7-2/h15,18-19,28,41-42,46H,6-14,16-17,20-27,29-40H2,1-5H3,(H-,44,47,48,49)/p+1/b19-18+,28-15+/t41-,42+/m0/s1. The van der Waals surface area contributed by atoms with Crippen LogP contribution >= 0.6 is 7.82 Å². The monoisotopic (exact) mass is 758 g/mol. The van der Waals surface area contributed by atoms with Crippen molar-refractivity contribution >= 4 is 13.7 Å². The van der Waals surface area contributed by atoms with Gasteiger partial charge in [-0.05, 0) is 64.2 Å². The Hall–Kier alpha value is -1.02. The summed E-state index contributed by atoms with van der Waals surface area (Å²) in [5.41, 5.74) is 0. The van der Waals surface area contributed by atoms with Crippen molar-refractivity contribution in [3.63, 3.8) is 0 Å². The average Bonchev–Trinajstić information content (AvgIpc) is 3.09. The number of amides is 1. The lowest BCUT2D eigenvalue weighted by molar-refractivity contribution is -0.870. The summed E-state index contributed by atoms with van der Waals surface area (Å²) in [7, 11) is 1.60. The van der Waals surface area contributed by atoms with E-state index in [-0.39, 0.29) is 19.1 Å². The van der Waals surface area contributed by atoms with Gasteiger partial charge in [-0.1, -0.05) is 147 Å². The molecule has 0 rings (SSSR count). The molecule has 8 nitrogen and oxygen atoms in total. The summed E-state index contributed by atoms with van der Waals surface area (Å²) in [6.45, 7) is 4.81. The van der Waals surface area contributed by atoms with Gasteiger partial charge in [0.05, 0.1) is 39.9 Å². The number of phosphoric ester groups is 1. The number of rotatable bonds is 39. The van der Waals surface area contributed by atoms with E-state index in [0.29, 0.717) is 23.9 Å². The highest BCUT2D eigenvalue weighted by molar-refractivity contribution is 7.47. The normalized spacial score (nSPS) is 14.7. The molecule has 1 amide bonds. The summed E-state index contributed by atoms with van der Waals surface area (Å²) >= 11 is 0. The first-order valence-corrected chi connectivity index (χ1v) is 23.2. The summed E-state index contributed by atoms with van der Waals surface area (Å²) < 4.78 is 23.5. The van der Waals surface area contributed by atoms with Crippen molar-refractivity contribution in [2.45, 2.75) is 206 Å². The fraction of sp³-hybridized carbons (Fsp3) is 0.884. The molecule has 1 unspecified atom stereocenters. The second-order valence-electron chi connectivity index (χ2n) is 16.1. The van der Waals surface area contributed by atoms with Crippen LogP contribution in [0, 0.1) is 0 Å². The maximum Gasteiger partial charge on any atom is 0.472 e. The van der Waals surface area contributed by atoms with E-state index in [1.165, 1.54) is 122 Å². The third-order valence-electron chi connectivity index (χ3n) is 9.67. The molecule has 9 heteroatoms. The Morgan fingerprint density at radius 1 is 0.635 bits per heavy atom. The van der Waals surface area contributed by atoms with Crippen molar-refractivity contribution in [2.75, 3.05) is 40.9 Å². The first kappa shape index (κ1) is 51.0. The fourth-order valence-corrected chi connectivity index (χ4v) is 6.89. The van der Waals surface area contributed by atoms with Gasteiger partial charge in [0, 0.05) is 6.42 Å². The molecule has 0 radical (unpaired) electrons. The van der Waals surface area contributed by atoms with Gasteiger partial charge in [0.2, 0.25) is 5.91 Å². The Kier molecular flexibility index (Phi) is 35.0. The van der Waals surface area contributed by atoms with Crippen LogP contribution in [0.3, 0.4) is 0 Å². The van der Waals surface area contributed by atoms with Crippen LogP contribution in [0.15, 0.2) is 24.3 Å². The molecular formula is C43H86N2O6P+. The van der Waals surface area contributed by atoms with E-state index in [1.807, 2.05) is 21.1 Å². The van der Waals surface area contributed by atoms with E-state index in [2.05, 4.69) is 43.5 Å². The molecule has 0 spiro atoms. The highest BCUT2D eigenvalue weighted by Gasteiger charge is 2.28. The Labute approximate surface area is 322 Å². The SMILES string of the molecule is CCCCC/C=C/CCCC[C@@H](O)[C@H](COP(=O)(O)OCC[N+](C)(C)C)NC(=O)CCCCCCCCCCCCC/C=C/CCCCCCCC. The number of nitrogens with one attached hydrogen (secondary N) is 1. The Balaban J connectivity index is 4.23. The number of phosphoric acid groups is 1. The van der Waals surface area contributed by atoms with Crippen LogP contribution in [0.5, 0.6) is 0 Å². The van der Waals surface area contributed by atoms with Crippen molar-refractivity contribution in [3.05, 3.63) is 24.3 Å². The Morgan fingerprint density at radius 3 is 1.52 bits per heavy atom. The molecule has 308 valence electrons. The van der Waals surface area contributed by atoms with Crippen LogP contribution in [0.2, 0.25) is 0 Å². The lowest BCUT2D eigenvalue weighted by Crippen LogP contribution is -2.46. The predicted octanol–water partition coefficient (Wildman–Crippen LogP) is 11.7. The van der Waals surface area contributed by atoms with Gasteiger partial charge >= 0.3 is 7.82 Å². The summed E-state index contributed by atoms with van der Waals surface area (Å²) in [6, 6.07) is -0.772. The third-order valence-corrected chi connectivity index (χ3v) is 10.7. The molecule has 0 aliphatic carbocycles. The molecule has 0 aromatic carbocycles. The zero-order valence-electron chi connectivity index (χ0n) is 34.8. The second-order valence-corrected chi connectivity index (χ2v) is 17.5. The van der Waals surface area contributed by atoms with E-state index < -0.39 is 20.0 Å². The summed E-state index contributed by atoms with van der Waals surface area (Å²) in [4.78, 5) is 23.0. The fourth-order valence-electron chi connectivity index (χ4n) is 6.15. The minimum Gasteiger partial charge on any atom is -0.391 e. The Morgan fingerprint density at radius 2 is 1.04 bits per heavy atom. The van der Waals surface area contributed by atoms with Gasteiger partial charge in [-0.25, -0.2) is 4.57 Å². The number of aliphatic hydroxyl groups is 1.